The van der Waals surface area contributed by atoms with E-state index in [4.69, 9.17) is 14.4 Å². The first kappa shape index (κ1) is 29.9. The van der Waals surface area contributed by atoms with Crippen LogP contribution in [0.4, 0.5) is 0 Å². The van der Waals surface area contributed by atoms with E-state index in [-0.39, 0.29) is 6.17 Å². The zero-order chi connectivity index (χ0) is 33.7. The molecule has 0 bridgehead atoms. The molecule has 4 nitrogen and oxygen atoms in total. The van der Waals surface area contributed by atoms with Crippen LogP contribution in [-0.2, 0) is 6.42 Å². The van der Waals surface area contributed by atoms with E-state index >= 15 is 0 Å². The topological polar surface area (TPSA) is 49.9 Å². The number of hydrogen-bond donors (Lipinski definition) is 1. The van der Waals surface area contributed by atoms with E-state index in [0.29, 0.717) is 5.92 Å². The van der Waals surface area contributed by atoms with Crippen LogP contribution in [0.5, 0.6) is 0 Å². The third-order valence-electron chi connectivity index (χ3n) is 10.9. The van der Waals surface area contributed by atoms with Crippen molar-refractivity contribution in [2.24, 2.45) is 15.9 Å². The molecule has 51 heavy (non-hydrogen) atoms. The van der Waals surface area contributed by atoms with E-state index in [9.17, 15) is 0 Å². The minimum atomic E-state index is -0.259. The Hall–Kier alpha value is -6.00. The van der Waals surface area contributed by atoms with E-state index in [1.165, 1.54) is 49.6 Å². The average Bonchev–Trinajstić information content (AvgIpc) is 3.58. The second-order valence-corrected chi connectivity index (χ2v) is 14.0. The molecular formula is C47H37N3O. The van der Waals surface area contributed by atoms with Gasteiger partial charge in [0.1, 0.15) is 23.0 Å². The van der Waals surface area contributed by atoms with Crippen molar-refractivity contribution in [3.63, 3.8) is 0 Å². The molecular weight excluding hydrogens is 623 g/mol. The first-order chi connectivity index (χ1) is 25.2. The van der Waals surface area contributed by atoms with Gasteiger partial charge in [-0.25, -0.2) is 9.98 Å². The first-order valence-corrected chi connectivity index (χ1v) is 18.1. The number of nitrogens with zero attached hydrogens (tertiary/aromatic N) is 2. The minimum Gasteiger partial charge on any atom is -0.456 e. The van der Waals surface area contributed by atoms with Crippen LogP contribution in [0.25, 0.3) is 33.8 Å². The summed E-state index contributed by atoms with van der Waals surface area (Å²) in [6.07, 6.45) is 22.5. The summed E-state index contributed by atoms with van der Waals surface area (Å²) < 4.78 is 6.95. The van der Waals surface area contributed by atoms with Crippen molar-refractivity contribution in [3.8, 4) is 0 Å². The van der Waals surface area contributed by atoms with Crippen LogP contribution < -0.4 is 16.0 Å². The second-order valence-electron chi connectivity index (χ2n) is 14.0. The number of benzene rings is 4. The molecule has 0 saturated heterocycles. The zero-order valence-electron chi connectivity index (χ0n) is 28.3. The summed E-state index contributed by atoms with van der Waals surface area (Å²) in [4.78, 5) is 10.3. The fraction of sp³-hybridized carbons (Fsp3) is 0.149. The fourth-order valence-corrected chi connectivity index (χ4v) is 8.23. The van der Waals surface area contributed by atoms with Gasteiger partial charge in [-0.15, -0.1) is 0 Å². The third-order valence-corrected chi connectivity index (χ3v) is 10.9. The highest BCUT2D eigenvalue weighted by atomic mass is 16.3. The van der Waals surface area contributed by atoms with E-state index in [0.717, 1.165) is 71.5 Å². The highest BCUT2D eigenvalue weighted by molar-refractivity contribution is 6.23. The summed E-state index contributed by atoms with van der Waals surface area (Å²) in [7, 11) is 0. The number of nitrogens with one attached hydrogen (secondary N) is 1. The highest BCUT2D eigenvalue weighted by Crippen LogP contribution is 2.36. The van der Waals surface area contributed by atoms with Gasteiger partial charge in [0.05, 0.1) is 0 Å². The molecule has 1 N–H and O–H groups in total. The van der Waals surface area contributed by atoms with Crippen molar-refractivity contribution in [1.29, 1.82) is 0 Å². The van der Waals surface area contributed by atoms with Gasteiger partial charge in [-0.2, -0.15) is 0 Å². The monoisotopic (exact) mass is 659 g/mol. The maximum absolute atomic E-state index is 6.95. The molecule has 0 fully saturated rings. The zero-order valence-corrected chi connectivity index (χ0v) is 28.3. The predicted molar refractivity (Wildman–Crippen MR) is 210 cm³/mol. The highest BCUT2D eigenvalue weighted by Gasteiger charge is 2.28. The Morgan fingerprint density at radius 1 is 0.725 bits per heavy atom. The third kappa shape index (κ3) is 5.39. The molecule has 4 heteroatoms. The van der Waals surface area contributed by atoms with Gasteiger partial charge in [0.15, 0.2) is 5.84 Å². The van der Waals surface area contributed by atoms with Crippen molar-refractivity contribution in [3.05, 3.63) is 189 Å². The summed E-state index contributed by atoms with van der Waals surface area (Å²) in [5, 5.41) is 6.11. The van der Waals surface area contributed by atoms with Crippen molar-refractivity contribution in [2.75, 3.05) is 0 Å². The molecule has 5 aromatic rings. The number of hydrogen-bond acceptors (Lipinski definition) is 4. The fourth-order valence-electron chi connectivity index (χ4n) is 8.23. The number of aliphatic imine (C=N–C) groups is 2. The van der Waals surface area contributed by atoms with E-state index in [1.807, 2.05) is 24.3 Å². The molecule has 246 valence electrons. The molecule has 0 amide bonds. The SMILES string of the molecule is C1=CC2=CC=C(c3ccc(C4=c5c(oc6cc7c(cc56)CCC=C7)=C(C5=NC(c6ccccc6)=NC(c6ccccc6)N5)CC4)cc3)CC2C=C1. The van der Waals surface area contributed by atoms with Crippen LogP contribution >= 0.6 is 0 Å². The number of amidine groups is 2. The molecule has 1 aromatic heterocycles. The van der Waals surface area contributed by atoms with E-state index in [2.05, 4.69) is 127 Å². The molecule has 4 aromatic carbocycles. The molecule has 10 rings (SSSR count). The number of aryl methyl sites for hydroxylation is 1. The maximum Gasteiger partial charge on any atom is 0.159 e. The molecule has 1 aliphatic heterocycles. The average molecular weight is 660 g/mol. The Bertz CT molecular complexity index is 2560. The minimum absolute atomic E-state index is 0.259. The summed E-state index contributed by atoms with van der Waals surface area (Å²) in [5.74, 6) is 2.02. The second kappa shape index (κ2) is 12.4. The molecule has 2 unspecified atom stereocenters. The van der Waals surface area contributed by atoms with Gasteiger partial charge in [0, 0.05) is 27.7 Å². The van der Waals surface area contributed by atoms with Crippen LogP contribution in [0.15, 0.2) is 160 Å². The van der Waals surface area contributed by atoms with Crippen molar-refractivity contribution in [1.82, 2.24) is 5.32 Å². The summed E-state index contributed by atoms with van der Waals surface area (Å²) >= 11 is 0. The van der Waals surface area contributed by atoms with Gasteiger partial charge in [-0.1, -0.05) is 134 Å². The Balaban J connectivity index is 1.14. The van der Waals surface area contributed by atoms with Crippen LogP contribution in [0.2, 0.25) is 0 Å². The Morgan fingerprint density at radius 3 is 2.39 bits per heavy atom. The van der Waals surface area contributed by atoms with Gasteiger partial charge < -0.3 is 9.73 Å². The quantitative estimate of drug-likeness (QED) is 0.205. The van der Waals surface area contributed by atoms with Crippen molar-refractivity contribution < 1.29 is 4.42 Å². The summed E-state index contributed by atoms with van der Waals surface area (Å²) in [5.41, 5.74) is 14.3. The van der Waals surface area contributed by atoms with Gasteiger partial charge in [-0.05, 0) is 88.8 Å². The summed E-state index contributed by atoms with van der Waals surface area (Å²) in [6, 6.07) is 34.6. The molecule has 0 radical (unpaired) electrons. The largest absolute Gasteiger partial charge is 0.456 e. The van der Waals surface area contributed by atoms with Crippen molar-refractivity contribution in [2.45, 2.75) is 38.3 Å². The van der Waals surface area contributed by atoms with Crippen molar-refractivity contribution >= 4 is 45.4 Å². The van der Waals surface area contributed by atoms with Gasteiger partial charge >= 0.3 is 0 Å². The van der Waals surface area contributed by atoms with E-state index < -0.39 is 0 Å². The van der Waals surface area contributed by atoms with Gasteiger partial charge in [0.25, 0.3) is 0 Å². The summed E-state index contributed by atoms with van der Waals surface area (Å²) in [6.45, 7) is 0. The van der Waals surface area contributed by atoms with Gasteiger partial charge in [-0.3, -0.25) is 0 Å². The molecule has 0 spiro atoms. The predicted octanol–water partition coefficient (Wildman–Crippen LogP) is 9.14. The number of furan rings is 1. The van der Waals surface area contributed by atoms with Crippen LogP contribution in [0, 0.1) is 5.92 Å². The van der Waals surface area contributed by atoms with Crippen LogP contribution in [0.3, 0.4) is 0 Å². The lowest BCUT2D eigenvalue weighted by Crippen LogP contribution is -2.40. The number of fused-ring (bicyclic) bond motifs is 5. The lowest BCUT2D eigenvalue weighted by molar-refractivity contribution is 0.567. The lowest BCUT2D eigenvalue weighted by Gasteiger charge is -2.25. The van der Waals surface area contributed by atoms with Crippen LogP contribution in [-0.4, -0.2) is 11.7 Å². The normalized spacial score (nSPS) is 20.5. The molecule has 2 atom stereocenters. The molecule has 2 heterocycles. The first-order valence-electron chi connectivity index (χ1n) is 18.1. The lowest BCUT2D eigenvalue weighted by atomic mass is 9.82. The number of allylic oxidation sites excluding steroid dienone is 9. The molecule has 0 saturated carbocycles. The molecule has 5 aliphatic rings. The van der Waals surface area contributed by atoms with Gasteiger partial charge in [0.2, 0.25) is 0 Å². The molecule has 4 aliphatic carbocycles. The van der Waals surface area contributed by atoms with E-state index in [1.54, 1.807) is 0 Å². The standard InChI is InChI=1S/C47H37N3O/c1-3-12-33(13-4-1)45-48-46(34-14-5-2-6-15-34)50-47(49-45)40-26-25-39(43-41-28-36-17-9-10-18-37(36)29-42(41)51-44(40)43)32-22-19-31(20-23-32)38-24-21-30-11-7-8-16-35(30)27-38/h1-8,10-16,18-24,28-29,35,45H,9,17,25-27H2,(H,48,49,50). The smallest absolute Gasteiger partial charge is 0.159 e. The Labute approximate surface area is 297 Å². The van der Waals surface area contributed by atoms with Crippen LogP contribution in [0.1, 0.15) is 65.2 Å². The Morgan fingerprint density at radius 2 is 1.53 bits per heavy atom. The number of rotatable bonds is 5. The Kier molecular flexibility index (Phi) is 7.26. The maximum atomic E-state index is 6.95.